The lowest BCUT2D eigenvalue weighted by Gasteiger charge is -2.05. The molecule has 0 spiro atoms. The number of thioether (sulfide) groups is 1. The second kappa shape index (κ2) is 9.12. The lowest BCUT2D eigenvalue weighted by Crippen LogP contribution is -1.87. The Labute approximate surface area is 110 Å². The van der Waals surface area contributed by atoms with Crippen molar-refractivity contribution < 1.29 is 0 Å². The van der Waals surface area contributed by atoms with E-state index in [-0.39, 0.29) is 0 Å². The van der Waals surface area contributed by atoms with Crippen LogP contribution in [0.3, 0.4) is 0 Å². The van der Waals surface area contributed by atoms with Crippen LogP contribution in [0.1, 0.15) is 32.6 Å². The van der Waals surface area contributed by atoms with Crippen molar-refractivity contribution in [1.29, 1.82) is 0 Å². The second-order valence-corrected chi connectivity index (χ2v) is 5.15. The van der Waals surface area contributed by atoms with E-state index in [0.29, 0.717) is 0 Å². The van der Waals surface area contributed by atoms with Crippen LogP contribution in [-0.2, 0) is 0 Å². The lowest BCUT2D eigenvalue weighted by molar-refractivity contribution is 0.809. The van der Waals surface area contributed by atoms with Gasteiger partial charge < -0.3 is 0 Å². The van der Waals surface area contributed by atoms with Crippen LogP contribution in [0.5, 0.6) is 0 Å². The fraction of sp³-hybridized carbons (Fsp3) is 0.375. The van der Waals surface area contributed by atoms with Crippen LogP contribution in [-0.4, -0.2) is 5.75 Å². The molecule has 0 fully saturated rings. The summed E-state index contributed by atoms with van der Waals surface area (Å²) in [6.45, 7) is 6.07. The van der Waals surface area contributed by atoms with Gasteiger partial charge in [0.05, 0.1) is 0 Å². The van der Waals surface area contributed by atoms with Gasteiger partial charge in [0.1, 0.15) is 0 Å². The molecular formula is C16H22S. The molecule has 0 atom stereocenters. The molecule has 0 aromatic heterocycles. The molecule has 0 amide bonds. The summed E-state index contributed by atoms with van der Waals surface area (Å²) in [6, 6.07) is 10.6. The van der Waals surface area contributed by atoms with Crippen LogP contribution >= 0.6 is 11.8 Å². The van der Waals surface area contributed by atoms with Gasteiger partial charge in [-0.3, -0.25) is 0 Å². The van der Waals surface area contributed by atoms with Crippen LogP contribution in [0.2, 0.25) is 0 Å². The van der Waals surface area contributed by atoms with Crippen molar-refractivity contribution in [2.45, 2.75) is 37.5 Å². The fourth-order valence-electron chi connectivity index (χ4n) is 1.59. The van der Waals surface area contributed by atoms with E-state index in [9.17, 15) is 0 Å². The highest BCUT2D eigenvalue weighted by molar-refractivity contribution is 7.99. The molecule has 0 aliphatic carbocycles. The summed E-state index contributed by atoms with van der Waals surface area (Å²) >= 11 is 1.91. The van der Waals surface area contributed by atoms with Crippen LogP contribution in [0.15, 0.2) is 59.5 Å². The first-order valence-electron chi connectivity index (χ1n) is 6.33. The van der Waals surface area contributed by atoms with Gasteiger partial charge in [0, 0.05) is 10.6 Å². The molecule has 1 aromatic carbocycles. The monoisotopic (exact) mass is 246 g/mol. The highest BCUT2D eigenvalue weighted by Crippen LogP contribution is 2.22. The molecule has 92 valence electrons. The maximum atomic E-state index is 3.83. The lowest BCUT2D eigenvalue weighted by atomic mass is 10.1. The Bertz CT molecular complexity index is 338. The number of hydrogen-bond acceptors (Lipinski definition) is 1. The summed E-state index contributed by atoms with van der Waals surface area (Å²) < 4.78 is 0. The molecule has 0 aliphatic heterocycles. The Morgan fingerprint density at radius 3 is 2.71 bits per heavy atom. The molecule has 1 heteroatoms. The summed E-state index contributed by atoms with van der Waals surface area (Å²) in [5.41, 5.74) is 1.50. The molecule has 0 bridgehead atoms. The quantitative estimate of drug-likeness (QED) is 0.333. The van der Waals surface area contributed by atoms with Gasteiger partial charge in [0.15, 0.2) is 0 Å². The van der Waals surface area contributed by atoms with Crippen molar-refractivity contribution >= 4 is 11.8 Å². The van der Waals surface area contributed by atoms with Crippen molar-refractivity contribution in [2.24, 2.45) is 0 Å². The van der Waals surface area contributed by atoms with Crippen molar-refractivity contribution in [2.75, 3.05) is 5.75 Å². The zero-order chi connectivity index (χ0) is 12.3. The average molecular weight is 246 g/mol. The minimum Gasteiger partial charge on any atom is -0.122 e. The predicted octanol–water partition coefficient (Wildman–Crippen LogP) is 5.47. The zero-order valence-corrected chi connectivity index (χ0v) is 11.5. The van der Waals surface area contributed by atoms with Crippen molar-refractivity contribution in [3.8, 4) is 0 Å². The van der Waals surface area contributed by atoms with Crippen molar-refractivity contribution in [3.05, 3.63) is 54.6 Å². The van der Waals surface area contributed by atoms with Gasteiger partial charge in [-0.15, -0.1) is 18.3 Å². The first-order chi connectivity index (χ1) is 8.36. The van der Waals surface area contributed by atoms with Gasteiger partial charge in [-0.2, -0.15) is 0 Å². The van der Waals surface area contributed by atoms with E-state index >= 15 is 0 Å². The van der Waals surface area contributed by atoms with E-state index in [1.54, 1.807) is 0 Å². The summed E-state index contributed by atoms with van der Waals surface area (Å²) in [5, 5.41) is 0. The van der Waals surface area contributed by atoms with Crippen LogP contribution in [0.25, 0.3) is 0 Å². The van der Waals surface area contributed by atoms with Crippen LogP contribution in [0.4, 0.5) is 0 Å². The number of hydrogen-bond donors (Lipinski definition) is 0. The van der Waals surface area contributed by atoms with Crippen LogP contribution < -0.4 is 0 Å². The van der Waals surface area contributed by atoms with Crippen molar-refractivity contribution in [3.63, 3.8) is 0 Å². The molecule has 0 saturated heterocycles. The molecule has 17 heavy (non-hydrogen) atoms. The van der Waals surface area contributed by atoms with Gasteiger partial charge >= 0.3 is 0 Å². The standard InChI is InChI=1S/C16H22S/c1-3-5-7-11-15(10-4-2)14-17-16-12-8-6-9-13-16/h4,6,8-9,11-13H,2-3,5,7,10,14H2,1H3/b15-11+. The smallest absolute Gasteiger partial charge is 0.0193 e. The summed E-state index contributed by atoms with van der Waals surface area (Å²) in [6.07, 6.45) is 9.17. The highest BCUT2D eigenvalue weighted by atomic mass is 32.2. The topological polar surface area (TPSA) is 0 Å². The minimum atomic E-state index is 1.02. The maximum Gasteiger partial charge on any atom is 0.0193 e. The Balaban J connectivity index is 2.43. The molecule has 0 N–H and O–H groups in total. The third-order valence-electron chi connectivity index (χ3n) is 2.56. The first-order valence-corrected chi connectivity index (χ1v) is 7.32. The fourth-order valence-corrected chi connectivity index (χ4v) is 2.53. The highest BCUT2D eigenvalue weighted by Gasteiger charge is 1.97. The van der Waals surface area contributed by atoms with E-state index in [1.165, 1.54) is 29.7 Å². The Morgan fingerprint density at radius 2 is 2.06 bits per heavy atom. The number of allylic oxidation sites excluding steroid dienone is 2. The maximum absolute atomic E-state index is 3.83. The molecule has 0 nitrogen and oxygen atoms in total. The van der Waals surface area contributed by atoms with E-state index in [4.69, 9.17) is 0 Å². The Kier molecular flexibility index (Phi) is 7.57. The summed E-state index contributed by atoms with van der Waals surface area (Å²) in [7, 11) is 0. The van der Waals surface area contributed by atoms with Gasteiger partial charge in [0.25, 0.3) is 0 Å². The molecule has 0 aliphatic rings. The van der Waals surface area contributed by atoms with E-state index in [0.717, 1.165) is 12.2 Å². The Morgan fingerprint density at radius 1 is 1.29 bits per heavy atom. The largest absolute Gasteiger partial charge is 0.122 e. The molecular weight excluding hydrogens is 224 g/mol. The van der Waals surface area contributed by atoms with Gasteiger partial charge in [-0.1, -0.05) is 55.7 Å². The van der Waals surface area contributed by atoms with Crippen molar-refractivity contribution in [1.82, 2.24) is 0 Å². The van der Waals surface area contributed by atoms with Gasteiger partial charge in [-0.05, 0) is 25.0 Å². The number of rotatable bonds is 8. The van der Waals surface area contributed by atoms with E-state index in [2.05, 4.69) is 49.9 Å². The second-order valence-electron chi connectivity index (χ2n) is 4.10. The van der Waals surface area contributed by atoms with Crippen LogP contribution in [0, 0.1) is 0 Å². The molecule has 1 aromatic rings. The summed E-state index contributed by atoms with van der Waals surface area (Å²) in [4.78, 5) is 1.35. The number of unbranched alkanes of at least 4 members (excludes halogenated alkanes) is 2. The van der Waals surface area contributed by atoms with Gasteiger partial charge in [0.2, 0.25) is 0 Å². The molecule has 0 unspecified atom stereocenters. The third-order valence-corrected chi connectivity index (χ3v) is 3.69. The zero-order valence-electron chi connectivity index (χ0n) is 10.7. The van der Waals surface area contributed by atoms with Gasteiger partial charge in [-0.25, -0.2) is 0 Å². The predicted molar refractivity (Wildman–Crippen MR) is 79.6 cm³/mol. The third kappa shape index (κ3) is 6.38. The molecule has 1 rings (SSSR count). The molecule has 0 saturated carbocycles. The number of benzene rings is 1. The molecule has 0 radical (unpaired) electrons. The van der Waals surface area contributed by atoms with E-state index < -0.39 is 0 Å². The first kappa shape index (κ1) is 14.1. The average Bonchev–Trinajstić information content (AvgIpc) is 2.37. The molecule has 0 heterocycles. The minimum absolute atomic E-state index is 1.02. The summed E-state index contributed by atoms with van der Waals surface area (Å²) in [5.74, 6) is 1.08. The Hall–Kier alpha value is -0.950. The SMILES string of the molecule is C=CC/C(=C\CCCC)CSc1ccccc1. The normalized spacial score (nSPS) is 11.5. The van der Waals surface area contributed by atoms with E-state index in [1.807, 2.05) is 17.8 Å².